The van der Waals surface area contributed by atoms with Gasteiger partial charge in [-0.2, -0.15) is 0 Å². The zero-order chi connectivity index (χ0) is 20.0. The molecular weight excluding hydrogens is 401 g/mol. The van der Waals surface area contributed by atoms with Gasteiger partial charge in [0.25, 0.3) is 0 Å². The van der Waals surface area contributed by atoms with Crippen molar-refractivity contribution < 1.29 is 4.79 Å². The predicted octanol–water partition coefficient (Wildman–Crippen LogP) is 6.03. The van der Waals surface area contributed by atoms with E-state index < -0.39 is 0 Å². The Hall–Kier alpha value is 0.0835. The van der Waals surface area contributed by atoms with Crippen LogP contribution in [0.4, 0.5) is 0 Å². The second-order valence-corrected chi connectivity index (χ2v) is 17.6. The molecule has 1 nitrogen and oxygen atoms in total. The first kappa shape index (κ1) is 28.9. The number of rotatable bonds is 1. The monoisotopic (exact) mass is 440 g/mol. The van der Waals surface area contributed by atoms with Gasteiger partial charge in [-0.05, 0) is 0 Å². The van der Waals surface area contributed by atoms with Crippen molar-refractivity contribution in [2.24, 2.45) is 0 Å². The van der Waals surface area contributed by atoms with Gasteiger partial charge < -0.3 is 0 Å². The van der Waals surface area contributed by atoms with E-state index in [9.17, 15) is 4.79 Å². The molecule has 0 atom stereocenters. The Morgan fingerprint density at radius 3 is 1.08 bits per heavy atom. The van der Waals surface area contributed by atoms with Gasteiger partial charge in [-0.3, -0.25) is 0 Å². The van der Waals surface area contributed by atoms with Crippen molar-refractivity contribution in [2.75, 3.05) is 0 Å². The maximum atomic E-state index is 11.2. The molecule has 0 heterocycles. The summed E-state index contributed by atoms with van der Waals surface area (Å²) in [4.78, 5) is 11.2. The van der Waals surface area contributed by atoms with E-state index in [4.69, 9.17) is 0 Å². The van der Waals surface area contributed by atoms with Gasteiger partial charge >= 0.3 is 81.1 Å². The summed E-state index contributed by atoms with van der Waals surface area (Å²) in [6, 6.07) is 4.09. The summed E-state index contributed by atoms with van der Waals surface area (Å²) in [5.74, 6) is 0. The molecule has 6 radical (unpaired) electrons. The van der Waals surface area contributed by atoms with E-state index >= 15 is 0 Å². The van der Waals surface area contributed by atoms with Gasteiger partial charge in [0.2, 0.25) is 0 Å². The molecule has 136 valence electrons. The van der Waals surface area contributed by atoms with E-state index in [1.54, 1.807) is 16.5 Å². The molecule has 0 aliphatic heterocycles. The molecule has 0 saturated carbocycles. The van der Waals surface area contributed by atoms with E-state index in [2.05, 4.69) is 58.9 Å². The number of hydrogen-bond acceptors (Lipinski definition) is 1. The molecule has 0 spiro atoms. The van der Waals surface area contributed by atoms with Crippen LogP contribution in [0, 0.1) is 20.8 Å². The van der Waals surface area contributed by atoms with Gasteiger partial charge in [0.1, 0.15) is 0 Å². The van der Waals surface area contributed by atoms with Crippen LogP contribution in [-0.2, 0) is 0 Å². The van der Waals surface area contributed by atoms with Gasteiger partial charge in [-0.1, -0.05) is 58.9 Å². The summed E-state index contributed by atoms with van der Waals surface area (Å²) in [5.41, 5.74) is 4.26. The Morgan fingerprint density at radius 1 is 0.708 bits per heavy atom. The van der Waals surface area contributed by atoms with Crippen molar-refractivity contribution in [1.82, 2.24) is 0 Å². The van der Waals surface area contributed by atoms with Gasteiger partial charge in [0, 0.05) is 26.4 Å². The summed E-state index contributed by atoms with van der Waals surface area (Å²) in [7, 11) is 0.361. The summed E-state index contributed by atoms with van der Waals surface area (Å²) in [5, 5.41) is 0. The van der Waals surface area contributed by atoms with Crippen molar-refractivity contribution in [3.05, 3.63) is 34.4 Å². The Morgan fingerprint density at radius 2 is 0.917 bits per heavy atom. The van der Waals surface area contributed by atoms with Crippen molar-refractivity contribution in [3.8, 4) is 0 Å². The average Bonchev–Trinajstić information content (AvgIpc) is 2.23. The van der Waals surface area contributed by atoms with Crippen LogP contribution in [0.5, 0.6) is 0 Å². The third-order valence-corrected chi connectivity index (χ3v) is 2.43. The SMILES string of the molecule is C[Si](C)C.C[Si](C)C.C[Si](C)C.Cc1cc(C)c([C](=O)[Ge])c(C)c1. The quantitative estimate of drug-likeness (QED) is 0.488. The zero-order valence-electron chi connectivity index (χ0n) is 18.1. The minimum atomic E-state index is 0.120. The van der Waals surface area contributed by atoms with Crippen LogP contribution in [0.3, 0.4) is 0 Å². The summed E-state index contributed by atoms with van der Waals surface area (Å²) >= 11 is 1.62. The van der Waals surface area contributed by atoms with Crippen LogP contribution in [0.15, 0.2) is 12.1 Å². The van der Waals surface area contributed by atoms with Crippen LogP contribution < -0.4 is 0 Å². The zero-order valence-corrected chi connectivity index (χ0v) is 23.2. The summed E-state index contributed by atoms with van der Waals surface area (Å²) in [6.07, 6.45) is 0. The van der Waals surface area contributed by atoms with Crippen LogP contribution in [0.25, 0.3) is 0 Å². The van der Waals surface area contributed by atoms with Crippen molar-refractivity contribution in [3.63, 3.8) is 0 Å². The fourth-order valence-corrected chi connectivity index (χ4v) is 2.37. The van der Waals surface area contributed by atoms with E-state index in [0.717, 1.165) is 16.7 Å². The molecule has 1 aromatic carbocycles. The molecule has 1 aromatic rings. The fourth-order valence-electron chi connectivity index (χ4n) is 1.54. The van der Waals surface area contributed by atoms with Crippen molar-refractivity contribution >= 4 is 47.5 Å². The molecule has 0 bridgehead atoms. The second-order valence-electron chi connectivity index (χ2n) is 7.60. The third-order valence-electron chi connectivity index (χ3n) is 1.90. The molecule has 0 N–H and O–H groups in total. The van der Waals surface area contributed by atoms with Gasteiger partial charge in [0.15, 0.2) is 0 Å². The molecule has 0 saturated heterocycles. The van der Waals surface area contributed by atoms with E-state index in [1.807, 2.05) is 32.9 Å². The van der Waals surface area contributed by atoms with Gasteiger partial charge in [-0.15, -0.1) is 0 Å². The number of benzene rings is 1. The molecule has 0 aliphatic carbocycles. The maximum absolute atomic E-state index is 11.2. The molecule has 0 unspecified atom stereocenters. The molecular formula is C19H38GeOSi3. The van der Waals surface area contributed by atoms with Crippen LogP contribution in [0.2, 0.25) is 58.9 Å². The molecule has 1 rings (SSSR count). The Bertz CT molecular complexity index is 412. The Balaban J connectivity index is -0.000000304. The molecule has 0 amide bonds. The molecule has 5 heteroatoms. The molecule has 24 heavy (non-hydrogen) atoms. The second kappa shape index (κ2) is 16.5. The number of carbonyl (C=O) groups is 1. The first-order valence-electron chi connectivity index (χ1n) is 8.36. The number of aryl methyl sites for hydroxylation is 3. The number of hydrogen-bond donors (Lipinski definition) is 0. The van der Waals surface area contributed by atoms with Crippen molar-refractivity contribution in [2.45, 2.75) is 79.7 Å². The predicted molar refractivity (Wildman–Crippen MR) is 121 cm³/mol. The molecule has 0 aromatic heterocycles. The van der Waals surface area contributed by atoms with Crippen LogP contribution in [0.1, 0.15) is 27.0 Å². The molecule has 0 aliphatic rings. The van der Waals surface area contributed by atoms with E-state index in [-0.39, 0.29) is 31.0 Å². The Kier molecular flexibility index (Phi) is 19.9. The summed E-state index contributed by atoms with van der Waals surface area (Å²) < 4.78 is 0.157. The first-order valence-corrected chi connectivity index (χ1v) is 18.4. The minimum absolute atomic E-state index is 0.120. The average molecular weight is 439 g/mol. The normalized spacial score (nSPS) is 9.50. The van der Waals surface area contributed by atoms with E-state index in [1.165, 1.54) is 5.56 Å². The van der Waals surface area contributed by atoms with E-state index in [0.29, 0.717) is 0 Å². The first-order chi connectivity index (χ1) is 10.7. The standard InChI is InChI=1S/C10H11GeO.3C3H9Si/c1-6-4-7(2)9(10(11)12)8(3)5-6;3*1-4(2)3/h4-5H,1-3H3;3*1-3H3. The summed E-state index contributed by atoms with van der Waals surface area (Å²) in [6.45, 7) is 26.4. The Labute approximate surface area is 166 Å². The van der Waals surface area contributed by atoms with Crippen molar-refractivity contribution in [1.29, 1.82) is 0 Å². The van der Waals surface area contributed by atoms with Crippen LogP contribution in [-0.4, -0.2) is 47.5 Å². The fraction of sp³-hybridized carbons (Fsp3) is 0.632. The number of carbonyl (C=O) groups excluding carboxylic acids is 1. The molecule has 0 fully saturated rings. The van der Waals surface area contributed by atoms with Gasteiger partial charge in [0.05, 0.1) is 0 Å². The van der Waals surface area contributed by atoms with Gasteiger partial charge in [-0.25, -0.2) is 0 Å². The third kappa shape index (κ3) is 24.3. The topological polar surface area (TPSA) is 17.1 Å². The van der Waals surface area contributed by atoms with Crippen LogP contribution >= 0.6 is 0 Å².